The molecule has 2 rings (SSSR count). The van der Waals surface area contributed by atoms with Gasteiger partial charge < -0.3 is 10.5 Å². The van der Waals surface area contributed by atoms with E-state index in [0.29, 0.717) is 18.1 Å². The van der Waals surface area contributed by atoms with E-state index in [1.807, 2.05) is 24.3 Å². The Morgan fingerprint density at radius 2 is 2.05 bits per heavy atom. The number of rotatable bonds is 4. The van der Waals surface area contributed by atoms with Crippen LogP contribution in [-0.4, -0.2) is 12.6 Å². The molecule has 1 fully saturated rings. The van der Waals surface area contributed by atoms with E-state index in [-0.39, 0.29) is 6.10 Å². The summed E-state index contributed by atoms with van der Waals surface area (Å²) in [6, 6.07) is 7.82. The molecule has 19 heavy (non-hydrogen) atoms. The lowest BCUT2D eigenvalue weighted by Crippen LogP contribution is -2.29. The van der Waals surface area contributed by atoms with Crippen molar-refractivity contribution >= 4 is 11.6 Å². The van der Waals surface area contributed by atoms with E-state index in [4.69, 9.17) is 22.1 Å². The molecule has 1 aliphatic rings. The largest absolute Gasteiger partial charge is 0.369 e. The first kappa shape index (κ1) is 14.8. The summed E-state index contributed by atoms with van der Waals surface area (Å²) in [6.07, 6.45) is 5.01. The molecular formula is C16H24ClNO. The Balaban J connectivity index is 1.97. The average molecular weight is 282 g/mol. The molecule has 106 valence electrons. The van der Waals surface area contributed by atoms with Crippen molar-refractivity contribution in [2.75, 3.05) is 6.54 Å². The molecule has 0 spiro atoms. The summed E-state index contributed by atoms with van der Waals surface area (Å²) < 4.78 is 6.19. The van der Waals surface area contributed by atoms with Gasteiger partial charge >= 0.3 is 0 Å². The van der Waals surface area contributed by atoms with Gasteiger partial charge in [0.2, 0.25) is 0 Å². The van der Waals surface area contributed by atoms with Crippen molar-refractivity contribution in [3.05, 3.63) is 34.9 Å². The monoisotopic (exact) mass is 281 g/mol. The number of nitrogens with two attached hydrogens (primary N) is 1. The summed E-state index contributed by atoms with van der Waals surface area (Å²) in [4.78, 5) is 0. The van der Waals surface area contributed by atoms with Crippen LogP contribution in [-0.2, 0) is 4.74 Å². The van der Waals surface area contributed by atoms with Gasteiger partial charge in [0, 0.05) is 11.6 Å². The van der Waals surface area contributed by atoms with Crippen molar-refractivity contribution in [3.63, 3.8) is 0 Å². The summed E-state index contributed by atoms with van der Waals surface area (Å²) in [6.45, 7) is 5.17. The second-order valence-electron chi connectivity index (χ2n) is 6.28. The first-order valence-electron chi connectivity index (χ1n) is 7.11. The Kier molecular flexibility index (Phi) is 4.88. The van der Waals surface area contributed by atoms with Crippen LogP contribution in [0.1, 0.15) is 51.2 Å². The smallest absolute Gasteiger partial charge is 0.0951 e. The van der Waals surface area contributed by atoms with Crippen LogP contribution in [0.25, 0.3) is 0 Å². The SMILES string of the molecule is CC1(C)CCC(OC(CN)c2cccc(Cl)c2)CC1. The van der Waals surface area contributed by atoms with Gasteiger partial charge in [0.15, 0.2) is 0 Å². The Morgan fingerprint density at radius 1 is 1.37 bits per heavy atom. The summed E-state index contributed by atoms with van der Waals surface area (Å²) in [5.41, 5.74) is 7.41. The fourth-order valence-corrected chi connectivity index (χ4v) is 2.92. The lowest BCUT2D eigenvalue weighted by Gasteiger charge is -2.35. The third kappa shape index (κ3) is 4.20. The summed E-state index contributed by atoms with van der Waals surface area (Å²) in [5.74, 6) is 0. The minimum absolute atomic E-state index is 0.0371. The van der Waals surface area contributed by atoms with Crippen molar-refractivity contribution < 1.29 is 4.74 Å². The standard InChI is InChI=1S/C16H24ClNO/c1-16(2)8-6-14(7-9-16)19-15(11-18)12-4-3-5-13(17)10-12/h3-5,10,14-15H,6-9,11,18H2,1-2H3. The second kappa shape index (κ2) is 6.25. The molecular weight excluding hydrogens is 258 g/mol. The maximum atomic E-state index is 6.19. The minimum Gasteiger partial charge on any atom is -0.369 e. The molecule has 1 aromatic carbocycles. The molecule has 0 aliphatic heterocycles. The van der Waals surface area contributed by atoms with Crippen molar-refractivity contribution in [2.45, 2.75) is 51.7 Å². The van der Waals surface area contributed by atoms with Gasteiger partial charge in [0.25, 0.3) is 0 Å². The third-order valence-electron chi connectivity index (χ3n) is 4.08. The molecule has 0 amide bonds. The highest BCUT2D eigenvalue weighted by atomic mass is 35.5. The van der Waals surface area contributed by atoms with Gasteiger partial charge in [0.1, 0.15) is 0 Å². The first-order chi connectivity index (χ1) is 9.00. The second-order valence-corrected chi connectivity index (χ2v) is 6.72. The molecule has 1 atom stereocenters. The van der Waals surface area contributed by atoms with Gasteiger partial charge in [0.05, 0.1) is 12.2 Å². The number of hydrogen-bond donors (Lipinski definition) is 1. The van der Waals surface area contributed by atoms with Gasteiger partial charge in [-0.25, -0.2) is 0 Å². The molecule has 3 heteroatoms. The number of hydrogen-bond acceptors (Lipinski definition) is 2. The van der Waals surface area contributed by atoms with Gasteiger partial charge in [-0.1, -0.05) is 37.6 Å². The normalized spacial score (nSPS) is 21.3. The van der Waals surface area contributed by atoms with E-state index in [2.05, 4.69) is 13.8 Å². The Hall–Kier alpha value is -0.570. The predicted octanol–water partition coefficient (Wildman–Crippen LogP) is 4.33. The van der Waals surface area contributed by atoms with E-state index in [0.717, 1.165) is 23.4 Å². The van der Waals surface area contributed by atoms with E-state index in [1.54, 1.807) is 0 Å². The Morgan fingerprint density at radius 3 is 2.63 bits per heavy atom. The van der Waals surface area contributed by atoms with E-state index in [9.17, 15) is 0 Å². The molecule has 0 aromatic heterocycles. The highest BCUT2D eigenvalue weighted by Crippen LogP contribution is 2.37. The lowest BCUT2D eigenvalue weighted by atomic mass is 9.76. The summed E-state index contributed by atoms with van der Waals surface area (Å²) in [7, 11) is 0. The van der Waals surface area contributed by atoms with Gasteiger partial charge in [-0.15, -0.1) is 0 Å². The molecule has 2 nitrogen and oxygen atoms in total. The maximum absolute atomic E-state index is 6.19. The highest BCUT2D eigenvalue weighted by Gasteiger charge is 2.28. The fraction of sp³-hybridized carbons (Fsp3) is 0.625. The summed E-state index contributed by atoms with van der Waals surface area (Å²) in [5, 5.41) is 0.740. The predicted molar refractivity (Wildman–Crippen MR) is 80.4 cm³/mol. The van der Waals surface area contributed by atoms with Crippen molar-refractivity contribution in [3.8, 4) is 0 Å². The average Bonchev–Trinajstić information content (AvgIpc) is 2.37. The van der Waals surface area contributed by atoms with Gasteiger partial charge in [-0.3, -0.25) is 0 Å². The molecule has 1 saturated carbocycles. The van der Waals surface area contributed by atoms with Gasteiger partial charge in [-0.2, -0.15) is 0 Å². The molecule has 1 aliphatic carbocycles. The van der Waals surface area contributed by atoms with Gasteiger partial charge in [-0.05, 0) is 48.8 Å². The van der Waals surface area contributed by atoms with E-state index < -0.39 is 0 Å². The maximum Gasteiger partial charge on any atom is 0.0951 e. The molecule has 1 unspecified atom stereocenters. The molecule has 0 saturated heterocycles. The van der Waals surface area contributed by atoms with Crippen LogP contribution >= 0.6 is 11.6 Å². The minimum atomic E-state index is -0.0371. The van der Waals surface area contributed by atoms with E-state index in [1.165, 1.54) is 12.8 Å². The Labute approximate surface area is 121 Å². The van der Waals surface area contributed by atoms with Crippen LogP contribution in [0.5, 0.6) is 0 Å². The molecule has 2 N–H and O–H groups in total. The van der Waals surface area contributed by atoms with E-state index >= 15 is 0 Å². The fourth-order valence-electron chi connectivity index (χ4n) is 2.72. The quantitative estimate of drug-likeness (QED) is 0.892. The summed E-state index contributed by atoms with van der Waals surface area (Å²) >= 11 is 6.03. The van der Waals surface area contributed by atoms with Crippen molar-refractivity contribution in [1.82, 2.24) is 0 Å². The van der Waals surface area contributed by atoms with Crippen molar-refractivity contribution in [1.29, 1.82) is 0 Å². The first-order valence-corrected chi connectivity index (χ1v) is 7.49. The van der Waals surface area contributed by atoms with Crippen LogP contribution in [0.15, 0.2) is 24.3 Å². The number of benzene rings is 1. The topological polar surface area (TPSA) is 35.2 Å². The van der Waals surface area contributed by atoms with Crippen LogP contribution in [0, 0.1) is 5.41 Å². The highest BCUT2D eigenvalue weighted by molar-refractivity contribution is 6.30. The zero-order chi connectivity index (χ0) is 13.9. The molecule has 1 aromatic rings. The zero-order valence-electron chi connectivity index (χ0n) is 11.9. The number of halogens is 1. The zero-order valence-corrected chi connectivity index (χ0v) is 12.6. The Bertz CT molecular complexity index is 409. The van der Waals surface area contributed by atoms with Crippen LogP contribution in [0.3, 0.4) is 0 Å². The van der Waals surface area contributed by atoms with Crippen LogP contribution in [0.4, 0.5) is 0 Å². The van der Waals surface area contributed by atoms with Crippen LogP contribution in [0.2, 0.25) is 5.02 Å². The van der Waals surface area contributed by atoms with Crippen LogP contribution < -0.4 is 5.73 Å². The number of ether oxygens (including phenoxy) is 1. The molecule has 0 bridgehead atoms. The van der Waals surface area contributed by atoms with Crippen molar-refractivity contribution in [2.24, 2.45) is 11.1 Å². The molecule has 0 heterocycles. The third-order valence-corrected chi connectivity index (χ3v) is 4.31. The lowest BCUT2D eigenvalue weighted by molar-refractivity contribution is -0.0429. The molecule has 0 radical (unpaired) electrons.